The fourth-order valence-corrected chi connectivity index (χ4v) is 3.28. The Morgan fingerprint density at radius 2 is 1.95 bits per heavy atom. The van der Waals surface area contributed by atoms with Crippen molar-refractivity contribution in [3.63, 3.8) is 0 Å². The summed E-state index contributed by atoms with van der Waals surface area (Å²) in [5, 5.41) is 0. The van der Waals surface area contributed by atoms with Gasteiger partial charge in [0.25, 0.3) is 0 Å². The van der Waals surface area contributed by atoms with E-state index < -0.39 is 12.7 Å². The molecule has 2 N–H and O–H groups in total. The van der Waals surface area contributed by atoms with Gasteiger partial charge >= 0.3 is 0 Å². The molecule has 0 spiro atoms. The number of hydrogen-bond acceptors (Lipinski definition) is 4. The lowest BCUT2D eigenvalue weighted by molar-refractivity contribution is 0.0720. The van der Waals surface area contributed by atoms with Crippen LogP contribution in [0.3, 0.4) is 0 Å². The van der Waals surface area contributed by atoms with Gasteiger partial charge in [0, 0.05) is 25.1 Å². The normalized spacial score (nSPS) is 19.5. The monoisotopic (exact) mass is 284 g/mol. The van der Waals surface area contributed by atoms with Crippen LogP contribution in [0.25, 0.3) is 0 Å². The summed E-state index contributed by atoms with van der Waals surface area (Å²) >= 11 is 1.78. The van der Waals surface area contributed by atoms with Gasteiger partial charge in [-0.15, -0.1) is 0 Å². The fraction of sp³-hybridized carbons (Fsp3) is 0.571. The number of halogens is 1. The minimum absolute atomic E-state index is 0.379. The van der Waals surface area contributed by atoms with Gasteiger partial charge in [0.2, 0.25) is 0 Å². The van der Waals surface area contributed by atoms with E-state index in [-0.39, 0.29) is 6.10 Å². The summed E-state index contributed by atoms with van der Waals surface area (Å²) < 4.78 is 20.3. The highest BCUT2D eigenvalue weighted by Gasteiger charge is 2.19. The second-order valence-corrected chi connectivity index (χ2v) is 5.94. The summed E-state index contributed by atoms with van der Waals surface area (Å²) in [7, 11) is 1.56. The average Bonchev–Trinajstić information content (AvgIpc) is 2.94. The molecular formula is C14H21FN2OS. The second kappa shape index (κ2) is 7.24. The largest absolute Gasteiger partial charge is 0.375 e. The molecule has 3 nitrogen and oxygen atoms in total. The number of rotatable bonds is 6. The van der Waals surface area contributed by atoms with Gasteiger partial charge in [0.15, 0.2) is 0 Å². The van der Waals surface area contributed by atoms with Crippen LogP contribution in [0.2, 0.25) is 0 Å². The zero-order valence-electron chi connectivity index (χ0n) is 11.2. The van der Waals surface area contributed by atoms with E-state index in [2.05, 4.69) is 16.4 Å². The highest BCUT2D eigenvalue weighted by molar-refractivity contribution is 7.97. The SMILES string of the molecule is COC(c1ccc(SN2CCCC2)cc1)C(N)CF. The molecule has 0 amide bonds. The van der Waals surface area contributed by atoms with Crippen LogP contribution >= 0.6 is 11.9 Å². The Morgan fingerprint density at radius 3 is 2.47 bits per heavy atom. The first kappa shape index (κ1) is 14.8. The molecule has 2 unspecified atom stereocenters. The standard InChI is InChI=1S/C14H21FN2OS/c1-18-14(13(16)10-15)11-4-6-12(7-5-11)19-17-8-2-3-9-17/h4-7,13-14H,2-3,8-10,16H2,1H3. The lowest BCUT2D eigenvalue weighted by Crippen LogP contribution is -2.31. The molecule has 106 valence electrons. The van der Waals surface area contributed by atoms with Gasteiger partial charge in [-0.3, -0.25) is 0 Å². The van der Waals surface area contributed by atoms with E-state index in [1.165, 1.54) is 17.7 Å². The lowest BCUT2D eigenvalue weighted by atomic mass is 10.0. The van der Waals surface area contributed by atoms with Gasteiger partial charge in [-0.05, 0) is 42.5 Å². The number of hydrogen-bond donors (Lipinski definition) is 1. The predicted molar refractivity (Wildman–Crippen MR) is 76.8 cm³/mol. The Kier molecular flexibility index (Phi) is 5.63. The maximum absolute atomic E-state index is 12.6. The Bertz CT molecular complexity index is 382. The van der Waals surface area contributed by atoms with Crippen molar-refractivity contribution < 1.29 is 9.13 Å². The summed E-state index contributed by atoms with van der Waals surface area (Å²) in [4.78, 5) is 1.20. The smallest absolute Gasteiger partial charge is 0.107 e. The van der Waals surface area contributed by atoms with Crippen molar-refractivity contribution >= 4 is 11.9 Å². The van der Waals surface area contributed by atoms with Crippen LogP contribution in [-0.4, -0.2) is 37.2 Å². The van der Waals surface area contributed by atoms with Crippen molar-refractivity contribution in [2.24, 2.45) is 5.73 Å². The van der Waals surface area contributed by atoms with Gasteiger partial charge in [-0.2, -0.15) is 0 Å². The molecule has 0 aliphatic carbocycles. The minimum Gasteiger partial charge on any atom is -0.375 e. The van der Waals surface area contributed by atoms with Gasteiger partial charge in [-0.25, -0.2) is 8.70 Å². The molecule has 1 aromatic carbocycles. The summed E-state index contributed by atoms with van der Waals surface area (Å²) in [5.74, 6) is 0. The van der Waals surface area contributed by atoms with Crippen molar-refractivity contribution in [3.05, 3.63) is 29.8 Å². The van der Waals surface area contributed by atoms with Crippen LogP contribution in [0.1, 0.15) is 24.5 Å². The van der Waals surface area contributed by atoms with Crippen molar-refractivity contribution in [2.45, 2.75) is 29.9 Å². The Morgan fingerprint density at radius 1 is 1.32 bits per heavy atom. The highest BCUT2D eigenvalue weighted by atomic mass is 32.2. The number of benzene rings is 1. The van der Waals surface area contributed by atoms with Crippen LogP contribution in [0.5, 0.6) is 0 Å². The molecule has 0 bridgehead atoms. The van der Waals surface area contributed by atoms with Gasteiger partial charge in [0.05, 0.1) is 12.1 Å². The van der Waals surface area contributed by atoms with E-state index in [4.69, 9.17) is 10.5 Å². The highest BCUT2D eigenvalue weighted by Crippen LogP contribution is 2.28. The third-order valence-corrected chi connectivity index (χ3v) is 4.44. The first-order valence-corrected chi connectivity index (χ1v) is 7.39. The maximum atomic E-state index is 12.6. The molecule has 1 heterocycles. The number of nitrogens with two attached hydrogens (primary N) is 1. The number of alkyl halides is 1. The van der Waals surface area contributed by atoms with Crippen LogP contribution in [0, 0.1) is 0 Å². The van der Waals surface area contributed by atoms with E-state index in [1.54, 1.807) is 19.1 Å². The molecule has 5 heteroatoms. The summed E-state index contributed by atoms with van der Waals surface area (Å²) in [6.45, 7) is 1.72. The molecule has 0 saturated carbocycles. The molecule has 1 aliphatic heterocycles. The quantitative estimate of drug-likeness (QED) is 0.815. The van der Waals surface area contributed by atoms with E-state index in [1.807, 2.05) is 12.1 Å². The molecule has 1 fully saturated rings. The van der Waals surface area contributed by atoms with E-state index in [0.717, 1.165) is 18.7 Å². The Labute approximate surface area is 118 Å². The number of nitrogens with zero attached hydrogens (tertiary/aromatic N) is 1. The molecule has 1 aromatic rings. The van der Waals surface area contributed by atoms with Crippen LogP contribution in [0.4, 0.5) is 4.39 Å². The number of ether oxygens (including phenoxy) is 1. The minimum atomic E-state index is -0.609. The maximum Gasteiger partial charge on any atom is 0.107 e. The average molecular weight is 284 g/mol. The summed E-state index contributed by atoms with van der Waals surface area (Å²) in [6.07, 6.45) is 2.18. The third-order valence-electron chi connectivity index (χ3n) is 3.33. The molecule has 1 saturated heterocycles. The van der Waals surface area contributed by atoms with Crippen LogP contribution < -0.4 is 5.73 Å². The van der Waals surface area contributed by atoms with Gasteiger partial charge < -0.3 is 10.5 Å². The first-order chi connectivity index (χ1) is 9.24. The van der Waals surface area contributed by atoms with Gasteiger partial charge in [-0.1, -0.05) is 12.1 Å². The lowest BCUT2D eigenvalue weighted by Gasteiger charge is -2.21. The second-order valence-electron chi connectivity index (χ2n) is 4.77. The summed E-state index contributed by atoms with van der Waals surface area (Å²) in [6, 6.07) is 7.44. The molecule has 1 aliphatic rings. The van der Waals surface area contributed by atoms with Crippen molar-refractivity contribution in [2.75, 3.05) is 26.9 Å². The number of methoxy groups -OCH3 is 1. The molecule has 2 rings (SSSR count). The Hall–Kier alpha value is -0.620. The predicted octanol–water partition coefficient (Wildman–Crippen LogP) is 2.77. The van der Waals surface area contributed by atoms with Crippen molar-refractivity contribution in [1.29, 1.82) is 0 Å². The van der Waals surface area contributed by atoms with E-state index >= 15 is 0 Å². The van der Waals surface area contributed by atoms with Crippen LogP contribution in [-0.2, 0) is 4.74 Å². The molecule has 2 atom stereocenters. The Balaban J connectivity index is 2.00. The van der Waals surface area contributed by atoms with Gasteiger partial charge in [0.1, 0.15) is 6.67 Å². The van der Waals surface area contributed by atoms with Crippen molar-refractivity contribution in [3.8, 4) is 0 Å². The van der Waals surface area contributed by atoms with Crippen molar-refractivity contribution in [1.82, 2.24) is 4.31 Å². The van der Waals surface area contributed by atoms with E-state index in [0.29, 0.717) is 0 Å². The zero-order chi connectivity index (χ0) is 13.7. The molecule has 19 heavy (non-hydrogen) atoms. The van der Waals surface area contributed by atoms with E-state index in [9.17, 15) is 4.39 Å². The summed E-state index contributed by atoms with van der Waals surface area (Å²) in [5.41, 5.74) is 6.65. The molecule has 0 aromatic heterocycles. The van der Waals surface area contributed by atoms with Crippen LogP contribution in [0.15, 0.2) is 29.2 Å². The fourth-order valence-electron chi connectivity index (χ4n) is 2.29. The third kappa shape index (κ3) is 3.92. The molecule has 0 radical (unpaired) electrons. The molecular weight excluding hydrogens is 263 g/mol. The zero-order valence-corrected chi connectivity index (χ0v) is 12.0. The topological polar surface area (TPSA) is 38.5 Å². The first-order valence-electron chi connectivity index (χ1n) is 6.62.